The summed E-state index contributed by atoms with van der Waals surface area (Å²) in [7, 11) is 1.83. The predicted octanol–water partition coefficient (Wildman–Crippen LogP) is 2.84. The number of carbonyl (C=O) groups is 1. The molecular formula is C16H20N2O2. The standard InChI is InChI=1S/C16H20N2O2/c1-11-9-12(10-18(4)16(2,3)15(19)20)13-7-5-6-8-14(13)17-11/h5-9H,10H2,1-4H3,(H,19,20). The van der Waals surface area contributed by atoms with Crippen LogP contribution in [0.3, 0.4) is 0 Å². The smallest absolute Gasteiger partial charge is 0.323 e. The Kier molecular flexibility index (Phi) is 3.77. The van der Waals surface area contributed by atoms with Crippen LogP contribution in [0.1, 0.15) is 25.1 Å². The SMILES string of the molecule is Cc1cc(CN(C)C(C)(C)C(=O)O)c2ccccc2n1. The molecule has 4 nitrogen and oxygen atoms in total. The molecule has 0 aliphatic carbocycles. The minimum atomic E-state index is -0.904. The van der Waals surface area contributed by atoms with Crippen LogP contribution in [0.2, 0.25) is 0 Å². The van der Waals surface area contributed by atoms with Crippen molar-refractivity contribution in [3.63, 3.8) is 0 Å². The zero-order valence-electron chi connectivity index (χ0n) is 12.3. The van der Waals surface area contributed by atoms with Gasteiger partial charge in [0.05, 0.1) is 5.52 Å². The number of hydrogen-bond acceptors (Lipinski definition) is 3. The summed E-state index contributed by atoms with van der Waals surface area (Å²) in [4.78, 5) is 17.7. The number of fused-ring (bicyclic) bond motifs is 1. The van der Waals surface area contributed by atoms with Crippen molar-refractivity contribution < 1.29 is 9.90 Å². The van der Waals surface area contributed by atoms with Gasteiger partial charge in [0.15, 0.2) is 0 Å². The van der Waals surface area contributed by atoms with Crippen molar-refractivity contribution >= 4 is 16.9 Å². The summed E-state index contributed by atoms with van der Waals surface area (Å²) in [6.07, 6.45) is 0. The number of aryl methyl sites for hydroxylation is 1. The molecule has 1 aromatic heterocycles. The first-order valence-electron chi connectivity index (χ1n) is 6.62. The molecule has 1 N–H and O–H groups in total. The molecular weight excluding hydrogens is 252 g/mol. The van der Waals surface area contributed by atoms with Crippen LogP contribution >= 0.6 is 0 Å². The van der Waals surface area contributed by atoms with Crippen molar-refractivity contribution in [2.75, 3.05) is 7.05 Å². The summed E-state index contributed by atoms with van der Waals surface area (Å²) in [5.41, 5.74) is 2.09. The fraction of sp³-hybridized carbons (Fsp3) is 0.375. The maximum absolute atomic E-state index is 11.3. The normalized spacial score (nSPS) is 12.1. The third-order valence-electron chi connectivity index (χ3n) is 3.82. The molecule has 0 saturated carbocycles. The Hall–Kier alpha value is -1.94. The first-order valence-corrected chi connectivity index (χ1v) is 6.62. The van der Waals surface area contributed by atoms with Crippen LogP contribution in [0.5, 0.6) is 0 Å². The number of hydrogen-bond donors (Lipinski definition) is 1. The lowest BCUT2D eigenvalue weighted by molar-refractivity contribution is -0.148. The van der Waals surface area contributed by atoms with E-state index in [0.29, 0.717) is 6.54 Å². The molecule has 1 heterocycles. The van der Waals surface area contributed by atoms with Crippen molar-refractivity contribution in [3.8, 4) is 0 Å². The molecule has 4 heteroatoms. The lowest BCUT2D eigenvalue weighted by Crippen LogP contribution is -2.47. The van der Waals surface area contributed by atoms with E-state index < -0.39 is 11.5 Å². The topological polar surface area (TPSA) is 53.4 Å². The first kappa shape index (κ1) is 14.5. The molecule has 0 unspecified atom stereocenters. The number of nitrogens with zero attached hydrogens (tertiary/aromatic N) is 2. The van der Waals surface area contributed by atoms with Crippen molar-refractivity contribution in [2.45, 2.75) is 32.9 Å². The first-order chi connectivity index (χ1) is 9.32. The second kappa shape index (κ2) is 5.21. The Labute approximate surface area is 119 Å². The minimum absolute atomic E-state index is 0.573. The molecule has 106 valence electrons. The van der Waals surface area contributed by atoms with Gasteiger partial charge in [0.1, 0.15) is 5.54 Å². The van der Waals surface area contributed by atoms with Gasteiger partial charge in [-0.05, 0) is 45.5 Å². The highest BCUT2D eigenvalue weighted by Gasteiger charge is 2.32. The van der Waals surface area contributed by atoms with Crippen LogP contribution in [-0.2, 0) is 11.3 Å². The second-order valence-corrected chi connectivity index (χ2v) is 5.66. The van der Waals surface area contributed by atoms with Gasteiger partial charge < -0.3 is 5.11 Å². The molecule has 0 amide bonds. The zero-order valence-corrected chi connectivity index (χ0v) is 12.3. The quantitative estimate of drug-likeness (QED) is 0.930. The van der Waals surface area contributed by atoms with Crippen molar-refractivity contribution in [3.05, 3.63) is 41.6 Å². The summed E-state index contributed by atoms with van der Waals surface area (Å²) in [6, 6.07) is 9.97. The third-order valence-corrected chi connectivity index (χ3v) is 3.82. The van der Waals surface area contributed by atoms with Crippen molar-refractivity contribution in [2.24, 2.45) is 0 Å². The van der Waals surface area contributed by atoms with Crippen LogP contribution < -0.4 is 0 Å². The van der Waals surface area contributed by atoms with Gasteiger partial charge in [-0.3, -0.25) is 14.7 Å². The van der Waals surface area contributed by atoms with Crippen LogP contribution in [-0.4, -0.2) is 33.5 Å². The Balaban J connectivity index is 2.41. The van der Waals surface area contributed by atoms with Gasteiger partial charge in [-0.25, -0.2) is 0 Å². The maximum Gasteiger partial charge on any atom is 0.323 e. The largest absolute Gasteiger partial charge is 0.480 e. The fourth-order valence-corrected chi connectivity index (χ4v) is 2.14. The molecule has 0 fully saturated rings. The van der Waals surface area contributed by atoms with E-state index in [1.165, 1.54) is 0 Å². The molecule has 0 bridgehead atoms. The van der Waals surface area contributed by atoms with E-state index in [-0.39, 0.29) is 0 Å². The molecule has 0 saturated heterocycles. The molecule has 0 spiro atoms. The van der Waals surface area contributed by atoms with Gasteiger partial charge in [-0.1, -0.05) is 18.2 Å². The summed E-state index contributed by atoms with van der Waals surface area (Å²) in [5.74, 6) is -0.824. The van der Waals surface area contributed by atoms with Gasteiger partial charge in [-0.15, -0.1) is 0 Å². The predicted molar refractivity (Wildman–Crippen MR) is 79.7 cm³/mol. The highest BCUT2D eigenvalue weighted by atomic mass is 16.4. The number of benzene rings is 1. The van der Waals surface area contributed by atoms with E-state index in [9.17, 15) is 9.90 Å². The van der Waals surface area contributed by atoms with Gasteiger partial charge in [-0.2, -0.15) is 0 Å². The van der Waals surface area contributed by atoms with E-state index in [1.54, 1.807) is 13.8 Å². The summed E-state index contributed by atoms with van der Waals surface area (Å²) in [5, 5.41) is 10.4. The van der Waals surface area contributed by atoms with Gasteiger partial charge in [0.25, 0.3) is 0 Å². The Bertz CT molecular complexity index is 650. The summed E-state index contributed by atoms with van der Waals surface area (Å²) >= 11 is 0. The zero-order chi connectivity index (χ0) is 14.9. The number of para-hydroxylation sites is 1. The van der Waals surface area contributed by atoms with Gasteiger partial charge >= 0.3 is 5.97 Å². The van der Waals surface area contributed by atoms with Crippen LogP contribution in [0.4, 0.5) is 0 Å². The second-order valence-electron chi connectivity index (χ2n) is 5.66. The molecule has 2 aromatic rings. The average Bonchev–Trinajstić information content (AvgIpc) is 2.38. The van der Waals surface area contributed by atoms with Gasteiger partial charge in [0.2, 0.25) is 0 Å². The molecule has 20 heavy (non-hydrogen) atoms. The molecule has 1 aromatic carbocycles. The van der Waals surface area contributed by atoms with Gasteiger partial charge in [0, 0.05) is 17.6 Å². The van der Waals surface area contributed by atoms with E-state index in [1.807, 2.05) is 49.2 Å². The number of carboxylic acid groups (broad SMARTS) is 1. The highest BCUT2D eigenvalue weighted by Crippen LogP contribution is 2.22. The monoisotopic (exact) mass is 272 g/mol. The number of aliphatic carboxylic acids is 1. The van der Waals surface area contributed by atoms with Crippen molar-refractivity contribution in [1.29, 1.82) is 0 Å². The third kappa shape index (κ3) is 2.65. The molecule has 0 radical (unpaired) electrons. The number of pyridine rings is 1. The summed E-state index contributed by atoms with van der Waals surface area (Å²) < 4.78 is 0. The van der Waals surface area contributed by atoms with E-state index in [2.05, 4.69) is 4.98 Å². The Morgan fingerprint density at radius 3 is 2.65 bits per heavy atom. The Morgan fingerprint density at radius 2 is 2.00 bits per heavy atom. The lowest BCUT2D eigenvalue weighted by atomic mass is 10.0. The van der Waals surface area contributed by atoms with E-state index in [0.717, 1.165) is 22.2 Å². The van der Waals surface area contributed by atoms with Crippen LogP contribution in [0.25, 0.3) is 10.9 Å². The molecule has 2 rings (SSSR count). The molecule has 0 aliphatic heterocycles. The van der Waals surface area contributed by atoms with Crippen LogP contribution in [0, 0.1) is 6.92 Å². The number of aromatic nitrogens is 1. The van der Waals surface area contributed by atoms with E-state index >= 15 is 0 Å². The van der Waals surface area contributed by atoms with Crippen molar-refractivity contribution in [1.82, 2.24) is 9.88 Å². The summed E-state index contributed by atoms with van der Waals surface area (Å²) in [6.45, 7) is 5.96. The molecule has 0 atom stereocenters. The highest BCUT2D eigenvalue weighted by molar-refractivity contribution is 5.82. The lowest BCUT2D eigenvalue weighted by Gasteiger charge is -2.31. The number of carboxylic acids is 1. The van der Waals surface area contributed by atoms with Crippen LogP contribution in [0.15, 0.2) is 30.3 Å². The average molecular weight is 272 g/mol. The fourth-order valence-electron chi connectivity index (χ4n) is 2.14. The maximum atomic E-state index is 11.3. The molecule has 0 aliphatic rings. The Morgan fingerprint density at radius 1 is 1.35 bits per heavy atom. The number of rotatable bonds is 4. The van der Waals surface area contributed by atoms with E-state index in [4.69, 9.17) is 0 Å². The minimum Gasteiger partial charge on any atom is -0.480 e. The number of likely N-dealkylation sites (N-methyl/N-ethyl adjacent to an activating group) is 1.